The molecule has 0 bridgehead atoms. The van der Waals surface area contributed by atoms with Gasteiger partial charge in [0.25, 0.3) is 0 Å². The predicted molar refractivity (Wildman–Crippen MR) is 64.5 cm³/mol. The number of rotatable bonds is 1. The minimum atomic E-state index is -0.211. The van der Waals surface area contributed by atoms with E-state index < -0.39 is 0 Å². The van der Waals surface area contributed by atoms with Gasteiger partial charge in [0, 0.05) is 24.3 Å². The van der Waals surface area contributed by atoms with Crippen LogP contribution in [0, 0.1) is 13.8 Å². The maximum atomic E-state index is 11.8. The first-order valence-corrected chi connectivity index (χ1v) is 5.88. The second-order valence-electron chi connectivity index (χ2n) is 4.50. The molecule has 6 nitrogen and oxygen atoms in total. The standard InChI is InChI=1S/C11H15N5O/c1-7-8(2)12-10(15-5-3-4-6-15)16-9(7)13-14-11(16)17/h3-6H2,1-2H3,(H,14,17). The van der Waals surface area contributed by atoms with Gasteiger partial charge in [-0.3, -0.25) is 0 Å². The molecule has 17 heavy (non-hydrogen) atoms. The molecular formula is C11H15N5O. The van der Waals surface area contributed by atoms with Crippen LogP contribution in [0.2, 0.25) is 0 Å². The van der Waals surface area contributed by atoms with Gasteiger partial charge < -0.3 is 4.90 Å². The topological polar surface area (TPSA) is 66.3 Å². The van der Waals surface area contributed by atoms with Crippen LogP contribution in [0.25, 0.3) is 5.65 Å². The van der Waals surface area contributed by atoms with E-state index in [0.717, 1.165) is 43.1 Å². The fourth-order valence-electron chi connectivity index (χ4n) is 2.31. The molecule has 0 aromatic carbocycles. The number of aryl methyl sites for hydroxylation is 2. The van der Waals surface area contributed by atoms with Gasteiger partial charge in [0.05, 0.1) is 0 Å². The fraction of sp³-hybridized carbons (Fsp3) is 0.545. The second-order valence-corrected chi connectivity index (χ2v) is 4.50. The van der Waals surface area contributed by atoms with E-state index in [9.17, 15) is 4.79 Å². The lowest BCUT2D eigenvalue weighted by molar-refractivity contribution is 0.849. The van der Waals surface area contributed by atoms with Gasteiger partial charge in [-0.15, -0.1) is 0 Å². The van der Waals surface area contributed by atoms with E-state index in [0.29, 0.717) is 5.65 Å². The van der Waals surface area contributed by atoms with Gasteiger partial charge in [0.1, 0.15) is 0 Å². The zero-order valence-corrected chi connectivity index (χ0v) is 10.0. The average molecular weight is 233 g/mol. The molecule has 3 rings (SSSR count). The van der Waals surface area contributed by atoms with E-state index in [1.54, 1.807) is 4.40 Å². The van der Waals surface area contributed by atoms with Crippen LogP contribution in [-0.2, 0) is 0 Å². The second kappa shape index (κ2) is 3.58. The summed E-state index contributed by atoms with van der Waals surface area (Å²) in [5.41, 5.74) is 2.35. The molecule has 3 heterocycles. The summed E-state index contributed by atoms with van der Waals surface area (Å²) in [5.74, 6) is 0.722. The van der Waals surface area contributed by atoms with Crippen LogP contribution in [0.3, 0.4) is 0 Å². The third-order valence-corrected chi connectivity index (χ3v) is 3.41. The molecule has 0 saturated carbocycles. The molecule has 2 aromatic rings. The highest BCUT2D eigenvalue weighted by Gasteiger charge is 2.20. The Morgan fingerprint density at radius 2 is 1.94 bits per heavy atom. The minimum Gasteiger partial charge on any atom is -0.342 e. The van der Waals surface area contributed by atoms with Crippen molar-refractivity contribution in [2.75, 3.05) is 18.0 Å². The third kappa shape index (κ3) is 1.44. The zero-order chi connectivity index (χ0) is 12.0. The first kappa shape index (κ1) is 10.3. The molecule has 0 amide bonds. The highest BCUT2D eigenvalue weighted by Crippen LogP contribution is 2.20. The van der Waals surface area contributed by atoms with Crippen molar-refractivity contribution in [3.8, 4) is 0 Å². The molecule has 0 radical (unpaired) electrons. The Morgan fingerprint density at radius 1 is 1.24 bits per heavy atom. The normalized spacial score (nSPS) is 16.0. The summed E-state index contributed by atoms with van der Waals surface area (Å²) in [7, 11) is 0. The Morgan fingerprint density at radius 3 is 2.65 bits per heavy atom. The van der Waals surface area contributed by atoms with Crippen molar-refractivity contribution in [1.29, 1.82) is 0 Å². The zero-order valence-electron chi connectivity index (χ0n) is 10.0. The van der Waals surface area contributed by atoms with Gasteiger partial charge in [-0.25, -0.2) is 19.3 Å². The minimum absolute atomic E-state index is 0.211. The molecule has 1 N–H and O–H groups in total. The van der Waals surface area contributed by atoms with Crippen LogP contribution < -0.4 is 10.6 Å². The Hall–Kier alpha value is -1.85. The molecule has 0 unspecified atom stereocenters. The summed E-state index contributed by atoms with van der Waals surface area (Å²) in [6.45, 7) is 5.81. The number of hydrogen-bond donors (Lipinski definition) is 1. The summed E-state index contributed by atoms with van der Waals surface area (Å²) in [4.78, 5) is 18.5. The summed E-state index contributed by atoms with van der Waals surface area (Å²) in [6.07, 6.45) is 2.31. The fourth-order valence-corrected chi connectivity index (χ4v) is 2.31. The summed E-state index contributed by atoms with van der Waals surface area (Å²) in [5, 5.41) is 6.57. The van der Waals surface area contributed by atoms with Crippen LogP contribution >= 0.6 is 0 Å². The van der Waals surface area contributed by atoms with Crippen molar-refractivity contribution in [3.05, 3.63) is 21.7 Å². The maximum Gasteiger partial charge on any atom is 0.350 e. The summed E-state index contributed by atoms with van der Waals surface area (Å²) in [6, 6.07) is 0. The first-order chi connectivity index (χ1) is 8.18. The van der Waals surface area contributed by atoms with Crippen LogP contribution in [0.15, 0.2) is 4.79 Å². The molecule has 2 aromatic heterocycles. The quantitative estimate of drug-likeness (QED) is 0.784. The van der Waals surface area contributed by atoms with Crippen LogP contribution in [-0.4, -0.2) is 32.7 Å². The van der Waals surface area contributed by atoms with E-state index in [1.807, 2.05) is 13.8 Å². The van der Waals surface area contributed by atoms with E-state index in [4.69, 9.17) is 0 Å². The Bertz CT molecular complexity index is 621. The lowest BCUT2D eigenvalue weighted by atomic mass is 10.2. The first-order valence-electron chi connectivity index (χ1n) is 5.88. The largest absolute Gasteiger partial charge is 0.350 e. The van der Waals surface area contributed by atoms with Crippen LogP contribution in [0.5, 0.6) is 0 Å². The maximum absolute atomic E-state index is 11.8. The number of fused-ring (bicyclic) bond motifs is 1. The Balaban J connectivity index is 2.32. The third-order valence-electron chi connectivity index (χ3n) is 3.41. The van der Waals surface area contributed by atoms with Gasteiger partial charge in [-0.2, -0.15) is 5.10 Å². The molecule has 1 fully saturated rings. The van der Waals surface area contributed by atoms with Crippen molar-refractivity contribution in [2.24, 2.45) is 0 Å². The van der Waals surface area contributed by atoms with Gasteiger partial charge in [-0.05, 0) is 26.7 Å². The van der Waals surface area contributed by atoms with E-state index >= 15 is 0 Å². The molecule has 6 heteroatoms. The summed E-state index contributed by atoms with van der Waals surface area (Å²) < 4.78 is 1.58. The van der Waals surface area contributed by atoms with Gasteiger partial charge in [-0.1, -0.05) is 0 Å². The monoisotopic (exact) mass is 233 g/mol. The van der Waals surface area contributed by atoms with Crippen LogP contribution in [0.4, 0.5) is 5.95 Å². The number of aromatic nitrogens is 4. The number of hydrogen-bond acceptors (Lipinski definition) is 4. The summed E-state index contributed by atoms with van der Waals surface area (Å²) >= 11 is 0. The Labute approximate surface area is 98.3 Å². The van der Waals surface area contributed by atoms with Crippen molar-refractivity contribution in [1.82, 2.24) is 19.6 Å². The average Bonchev–Trinajstić information content (AvgIpc) is 2.93. The van der Waals surface area contributed by atoms with Crippen LogP contribution in [0.1, 0.15) is 24.1 Å². The molecule has 0 spiro atoms. The SMILES string of the molecule is Cc1nc(N2CCCC2)n2c(=O)[nH]nc2c1C. The number of anilines is 1. The van der Waals surface area contributed by atoms with E-state index in [2.05, 4.69) is 20.1 Å². The molecule has 1 aliphatic rings. The Kier molecular flexibility index (Phi) is 2.17. The number of aromatic amines is 1. The molecular weight excluding hydrogens is 218 g/mol. The lowest BCUT2D eigenvalue weighted by Crippen LogP contribution is -2.26. The highest BCUT2D eigenvalue weighted by atomic mass is 16.1. The molecule has 1 aliphatic heterocycles. The number of nitrogens with zero attached hydrogens (tertiary/aromatic N) is 4. The predicted octanol–water partition coefficient (Wildman–Crippen LogP) is 0.635. The van der Waals surface area contributed by atoms with Gasteiger partial charge >= 0.3 is 5.69 Å². The number of nitrogens with one attached hydrogen (secondary N) is 1. The van der Waals surface area contributed by atoms with Crippen molar-refractivity contribution in [3.63, 3.8) is 0 Å². The highest BCUT2D eigenvalue weighted by molar-refractivity contribution is 5.54. The smallest absolute Gasteiger partial charge is 0.342 e. The van der Waals surface area contributed by atoms with E-state index in [1.165, 1.54) is 0 Å². The van der Waals surface area contributed by atoms with Gasteiger partial charge in [0.2, 0.25) is 5.95 Å². The van der Waals surface area contributed by atoms with Gasteiger partial charge in [0.15, 0.2) is 5.65 Å². The van der Waals surface area contributed by atoms with E-state index in [-0.39, 0.29) is 5.69 Å². The van der Waals surface area contributed by atoms with Crippen molar-refractivity contribution < 1.29 is 0 Å². The molecule has 0 aliphatic carbocycles. The lowest BCUT2D eigenvalue weighted by Gasteiger charge is -2.18. The number of H-pyrrole nitrogens is 1. The molecule has 1 saturated heterocycles. The van der Waals surface area contributed by atoms with Crippen molar-refractivity contribution in [2.45, 2.75) is 26.7 Å². The molecule has 90 valence electrons. The van der Waals surface area contributed by atoms with Crippen molar-refractivity contribution >= 4 is 11.6 Å². The molecule has 0 atom stereocenters.